The van der Waals surface area contributed by atoms with Gasteiger partial charge in [-0.1, -0.05) is 79.6 Å². The Morgan fingerprint density at radius 2 is 1.57 bits per heavy atom. The normalized spacial score (nSPS) is 18.2. The molecule has 1 aliphatic rings. The van der Waals surface area contributed by atoms with Gasteiger partial charge >= 0.3 is 6.92 Å². The molecule has 1 fully saturated rings. The third-order valence-electron chi connectivity index (χ3n) is 6.93. The van der Waals surface area contributed by atoms with Crippen molar-refractivity contribution in [2.45, 2.75) is 136 Å². The second-order valence-corrected chi connectivity index (χ2v) is 15.2. The van der Waals surface area contributed by atoms with Crippen molar-refractivity contribution >= 4 is 15.2 Å². The summed E-state index contributed by atoms with van der Waals surface area (Å²) in [6.45, 7) is 18.9. The molecule has 0 bridgehead atoms. The van der Waals surface area contributed by atoms with Gasteiger partial charge in [0.05, 0.1) is 5.76 Å². The minimum atomic E-state index is -1.85. The summed E-state index contributed by atoms with van der Waals surface area (Å²) in [6.07, 6.45) is 16.3. The van der Waals surface area contributed by atoms with Crippen LogP contribution in [0.25, 0.3) is 0 Å². The highest BCUT2D eigenvalue weighted by Crippen LogP contribution is 2.41. The lowest BCUT2D eigenvalue weighted by atomic mass is 9.59. The molecule has 1 atom stereocenters. The molecule has 0 aromatic rings. The molecule has 0 amide bonds. The highest BCUT2D eigenvalue weighted by Gasteiger charge is 2.42. The van der Waals surface area contributed by atoms with Crippen LogP contribution >= 0.6 is 0 Å². The number of rotatable bonds is 12. The first-order valence-corrected chi connectivity index (χ1v) is 15.1. The molecule has 0 aliphatic heterocycles. The van der Waals surface area contributed by atoms with Crippen molar-refractivity contribution < 1.29 is 9.08 Å². The van der Waals surface area contributed by atoms with Crippen LogP contribution in [-0.4, -0.2) is 21.3 Å². The quantitative estimate of drug-likeness (QED) is 0.238. The summed E-state index contributed by atoms with van der Waals surface area (Å²) in [5.41, 5.74) is 0. The van der Waals surface area contributed by atoms with Gasteiger partial charge in [-0.15, -0.1) is 0 Å². The van der Waals surface area contributed by atoms with Crippen LogP contribution in [0.15, 0.2) is 11.8 Å². The van der Waals surface area contributed by atoms with Crippen LogP contribution in [0.4, 0.5) is 0 Å². The minimum absolute atomic E-state index is 0.150. The standard InChI is InChI=1S/C24H49BO2Si/c1-9-12-19-25(20-13-10-2)26-22(11-3)23(21-17-15-14-16-18-21)27-28(7,8)24(4,5)6/h11,21,23H,9-10,12-20H2,1-8H3/b22-11-/t23-/m1/s1. The van der Waals surface area contributed by atoms with E-state index in [4.69, 9.17) is 9.08 Å². The maximum atomic E-state index is 7.05. The number of unbranched alkanes of at least 4 members (excludes halogenated alkanes) is 2. The Balaban J connectivity index is 3.02. The molecule has 1 aliphatic carbocycles. The summed E-state index contributed by atoms with van der Waals surface area (Å²) >= 11 is 0. The van der Waals surface area contributed by atoms with Gasteiger partial charge < -0.3 is 9.08 Å². The second kappa shape index (κ2) is 12.5. The van der Waals surface area contributed by atoms with Gasteiger partial charge in [-0.25, -0.2) is 0 Å². The molecule has 0 aromatic heterocycles. The Hall–Kier alpha value is -0.218. The zero-order valence-electron chi connectivity index (χ0n) is 20.4. The van der Waals surface area contributed by atoms with E-state index in [-0.39, 0.29) is 11.1 Å². The molecule has 28 heavy (non-hydrogen) atoms. The van der Waals surface area contributed by atoms with Crippen molar-refractivity contribution in [3.05, 3.63) is 11.8 Å². The molecular weight excluding hydrogens is 359 g/mol. The van der Waals surface area contributed by atoms with E-state index in [1.54, 1.807) is 0 Å². The van der Waals surface area contributed by atoms with Gasteiger partial charge in [0.1, 0.15) is 6.10 Å². The Kier molecular flexibility index (Phi) is 11.5. The lowest BCUT2D eigenvalue weighted by Crippen LogP contribution is -2.47. The molecule has 0 heterocycles. The molecule has 0 N–H and O–H groups in total. The van der Waals surface area contributed by atoms with Crippen molar-refractivity contribution in [3.63, 3.8) is 0 Å². The van der Waals surface area contributed by atoms with Crippen LogP contribution in [0.3, 0.4) is 0 Å². The van der Waals surface area contributed by atoms with E-state index in [0.29, 0.717) is 12.8 Å². The number of hydrogen-bond donors (Lipinski definition) is 0. The van der Waals surface area contributed by atoms with Gasteiger partial charge in [0.25, 0.3) is 0 Å². The molecule has 0 unspecified atom stereocenters. The largest absolute Gasteiger partial charge is 0.562 e. The first-order valence-electron chi connectivity index (χ1n) is 12.2. The average Bonchev–Trinajstić information content (AvgIpc) is 2.65. The van der Waals surface area contributed by atoms with E-state index < -0.39 is 8.32 Å². The zero-order chi connectivity index (χ0) is 21.2. The Labute approximate surface area is 178 Å². The molecule has 2 nitrogen and oxygen atoms in total. The topological polar surface area (TPSA) is 18.5 Å². The first kappa shape index (κ1) is 25.8. The Morgan fingerprint density at radius 1 is 1.04 bits per heavy atom. The predicted molar refractivity (Wildman–Crippen MR) is 129 cm³/mol. The third kappa shape index (κ3) is 8.26. The smallest absolute Gasteiger partial charge is 0.357 e. The number of hydrogen-bond acceptors (Lipinski definition) is 2. The molecular formula is C24H49BO2Si. The van der Waals surface area contributed by atoms with Gasteiger partial charge in [0.2, 0.25) is 0 Å². The maximum Gasteiger partial charge on any atom is 0.357 e. The minimum Gasteiger partial charge on any atom is -0.562 e. The molecule has 4 heteroatoms. The zero-order valence-corrected chi connectivity index (χ0v) is 21.4. The summed E-state index contributed by atoms with van der Waals surface area (Å²) in [5.74, 6) is 1.75. The Morgan fingerprint density at radius 3 is 2.00 bits per heavy atom. The third-order valence-corrected chi connectivity index (χ3v) is 11.4. The first-order chi connectivity index (χ1) is 13.2. The molecule has 1 rings (SSSR count). The van der Waals surface area contributed by atoms with Gasteiger partial charge in [-0.3, -0.25) is 0 Å². The Bertz CT molecular complexity index is 442. The monoisotopic (exact) mass is 408 g/mol. The highest BCUT2D eigenvalue weighted by molar-refractivity contribution is 6.74. The van der Waals surface area contributed by atoms with Gasteiger partial charge in [-0.05, 0) is 62.5 Å². The summed E-state index contributed by atoms with van der Waals surface area (Å²) < 4.78 is 13.8. The summed E-state index contributed by atoms with van der Waals surface area (Å²) in [4.78, 5) is 0. The van der Waals surface area contributed by atoms with E-state index in [0.717, 1.165) is 5.76 Å². The van der Waals surface area contributed by atoms with Crippen molar-refractivity contribution in [1.29, 1.82) is 0 Å². The van der Waals surface area contributed by atoms with Gasteiger partial charge in [0, 0.05) is 0 Å². The van der Waals surface area contributed by atoms with Crippen LogP contribution in [-0.2, 0) is 9.08 Å². The van der Waals surface area contributed by atoms with Crippen molar-refractivity contribution in [2.75, 3.05) is 0 Å². The fraction of sp³-hybridized carbons (Fsp3) is 0.917. The lowest BCUT2D eigenvalue weighted by molar-refractivity contribution is 0.0892. The molecule has 0 saturated heterocycles. The van der Waals surface area contributed by atoms with Crippen molar-refractivity contribution in [2.24, 2.45) is 5.92 Å². The molecule has 0 radical (unpaired) electrons. The van der Waals surface area contributed by atoms with Gasteiger partial charge in [-0.2, -0.15) is 0 Å². The van der Waals surface area contributed by atoms with Crippen molar-refractivity contribution in [1.82, 2.24) is 0 Å². The van der Waals surface area contributed by atoms with E-state index in [9.17, 15) is 0 Å². The molecule has 164 valence electrons. The fourth-order valence-electron chi connectivity index (χ4n) is 3.94. The van der Waals surface area contributed by atoms with E-state index >= 15 is 0 Å². The van der Waals surface area contributed by atoms with Crippen LogP contribution in [0.5, 0.6) is 0 Å². The van der Waals surface area contributed by atoms with Crippen LogP contribution in [0, 0.1) is 5.92 Å². The lowest BCUT2D eigenvalue weighted by Gasteiger charge is -2.43. The molecule has 0 spiro atoms. The second-order valence-electron chi connectivity index (χ2n) is 10.4. The van der Waals surface area contributed by atoms with Crippen molar-refractivity contribution in [3.8, 4) is 0 Å². The SMILES string of the molecule is C/C=C(\OB(CCCC)CCCC)[C@H](O[Si](C)(C)C(C)(C)C)C1CCCCC1. The highest BCUT2D eigenvalue weighted by atomic mass is 28.4. The average molecular weight is 409 g/mol. The summed E-state index contributed by atoms with van der Waals surface area (Å²) in [6, 6.07) is 0. The van der Waals surface area contributed by atoms with E-state index in [1.165, 1.54) is 70.4 Å². The molecule has 1 saturated carbocycles. The van der Waals surface area contributed by atoms with Crippen LogP contribution in [0.2, 0.25) is 30.8 Å². The van der Waals surface area contributed by atoms with Crippen LogP contribution < -0.4 is 0 Å². The fourth-order valence-corrected chi connectivity index (χ4v) is 5.23. The van der Waals surface area contributed by atoms with E-state index in [2.05, 4.69) is 60.7 Å². The van der Waals surface area contributed by atoms with Crippen LogP contribution in [0.1, 0.15) is 99.3 Å². The summed E-state index contributed by atoms with van der Waals surface area (Å²) in [5, 5.41) is 0.225. The predicted octanol–water partition coefficient (Wildman–Crippen LogP) is 8.47. The van der Waals surface area contributed by atoms with Gasteiger partial charge in [0.15, 0.2) is 8.32 Å². The maximum absolute atomic E-state index is 7.05. The molecule has 0 aromatic carbocycles. The van der Waals surface area contributed by atoms with E-state index in [1.807, 2.05) is 0 Å². The summed E-state index contributed by atoms with van der Waals surface area (Å²) in [7, 11) is -1.85. The number of allylic oxidation sites excluding steroid dienone is 1.